The lowest BCUT2D eigenvalue weighted by Gasteiger charge is -2.01. The highest BCUT2D eigenvalue weighted by Crippen LogP contribution is 2.27. The topological polar surface area (TPSA) is 117 Å². The van der Waals surface area contributed by atoms with Crippen molar-refractivity contribution in [1.29, 1.82) is 0 Å². The van der Waals surface area contributed by atoms with Gasteiger partial charge in [-0.3, -0.25) is 4.79 Å². The Hall–Kier alpha value is -3.16. The van der Waals surface area contributed by atoms with Crippen LogP contribution in [0.1, 0.15) is 16.2 Å². The van der Waals surface area contributed by atoms with Crippen molar-refractivity contribution >= 4 is 22.4 Å². The molecule has 3 N–H and O–H groups in total. The predicted molar refractivity (Wildman–Crippen MR) is 74.0 cm³/mol. The van der Waals surface area contributed by atoms with Gasteiger partial charge < -0.3 is 14.8 Å². The molecule has 8 heteroatoms. The molecular formula is C13H11N5O3. The molecule has 2 heterocycles. The van der Waals surface area contributed by atoms with E-state index in [0.717, 1.165) is 17.0 Å². The fraction of sp³-hybridized carbons (Fsp3) is 0.0769. The summed E-state index contributed by atoms with van der Waals surface area (Å²) in [6.45, 7) is 0. The number of tetrazole rings is 1. The van der Waals surface area contributed by atoms with Gasteiger partial charge in [-0.25, -0.2) is 0 Å². The summed E-state index contributed by atoms with van der Waals surface area (Å²) < 4.78 is 5.15. The van der Waals surface area contributed by atoms with E-state index in [1.807, 2.05) is 6.07 Å². The molecule has 0 aliphatic rings. The summed E-state index contributed by atoms with van der Waals surface area (Å²) in [6.07, 6.45) is 2.66. The molecule has 0 saturated heterocycles. The van der Waals surface area contributed by atoms with Crippen LogP contribution in [0.4, 0.5) is 0 Å². The number of methoxy groups -OCH3 is 1. The third-order valence-corrected chi connectivity index (χ3v) is 3.00. The molecule has 2 aromatic heterocycles. The molecule has 8 nitrogen and oxygen atoms in total. The summed E-state index contributed by atoms with van der Waals surface area (Å²) in [5.41, 5.74) is 1.30. The van der Waals surface area contributed by atoms with Gasteiger partial charge >= 0.3 is 0 Å². The summed E-state index contributed by atoms with van der Waals surface area (Å²) in [5.74, 6) is -0.192. The van der Waals surface area contributed by atoms with Crippen molar-refractivity contribution in [2.24, 2.45) is 0 Å². The van der Waals surface area contributed by atoms with Gasteiger partial charge in [-0.15, -0.1) is 10.2 Å². The summed E-state index contributed by atoms with van der Waals surface area (Å²) >= 11 is 0. The monoisotopic (exact) mass is 285 g/mol. The zero-order valence-electron chi connectivity index (χ0n) is 11.0. The Morgan fingerprint density at radius 2 is 2.29 bits per heavy atom. The molecule has 21 heavy (non-hydrogen) atoms. The minimum Gasteiger partial charge on any atom is -0.507 e. The predicted octanol–water partition coefficient (Wildman–Crippen LogP) is 1.47. The smallest absolute Gasteiger partial charge is 0.244 e. The normalized spacial score (nSPS) is 11.8. The third-order valence-electron chi connectivity index (χ3n) is 3.00. The molecule has 0 radical (unpaired) electrons. The molecule has 106 valence electrons. The van der Waals surface area contributed by atoms with E-state index in [4.69, 9.17) is 4.74 Å². The number of H-pyrrole nitrogens is 2. The van der Waals surface area contributed by atoms with Gasteiger partial charge in [0.2, 0.25) is 11.6 Å². The molecule has 3 rings (SSSR count). The van der Waals surface area contributed by atoms with Gasteiger partial charge in [0.1, 0.15) is 11.5 Å². The molecular weight excluding hydrogens is 274 g/mol. The number of benzene rings is 1. The number of nitrogens with one attached hydrogen (secondary N) is 2. The first-order valence-corrected chi connectivity index (χ1v) is 6.03. The number of rotatable bonds is 4. The Morgan fingerprint density at radius 3 is 3.00 bits per heavy atom. The quantitative estimate of drug-likeness (QED) is 0.379. The number of carbonyl (C=O) groups excluding carboxylic acids is 1. The number of aromatic nitrogens is 5. The largest absolute Gasteiger partial charge is 0.507 e. The van der Waals surface area contributed by atoms with Crippen molar-refractivity contribution < 1.29 is 14.6 Å². The van der Waals surface area contributed by atoms with Crippen LogP contribution >= 0.6 is 0 Å². The molecule has 1 aromatic carbocycles. The van der Waals surface area contributed by atoms with Crippen LogP contribution in [0.5, 0.6) is 5.75 Å². The second-order valence-corrected chi connectivity index (χ2v) is 4.24. The number of fused-ring (bicyclic) bond motifs is 1. The highest BCUT2D eigenvalue weighted by Gasteiger charge is 2.13. The molecule has 0 aliphatic heterocycles. The number of hydrogen-bond donors (Lipinski definition) is 3. The Bertz CT molecular complexity index is 820. The molecule has 0 amide bonds. The van der Waals surface area contributed by atoms with Crippen LogP contribution in [-0.2, 0) is 0 Å². The van der Waals surface area contributed by atoms with Gasteiger partial charge in [0.05, 0.1) is 7.11 Å². The maximum Gasteiger partial charge on any atom is 0.244 e. The average molecular weight is 285 g/mol. The van der Waals surface area contributed by atoms with Crippen molar-refractivity contribution in [2.45, 2.75) is 0 Å². The van der Waals surface area contributed by atoms with E-state index in [0.29, 0.717) is 11.3 Å². The van der Waals surface area contributed by atoms with Crippen molar-refractivity contribution in [2.75, 3.05) is 7.11 Å². The molecule has 3 aromatic rings. The van der Waals surface area contributed by atoms with Crippen LogP contribution in [-0.4, -0.2) is 43.6 Å². The molecule has 0 spiro atoms. The lowest BCUT2D eigenvalue weighted by atomic mass is 10.1. The molecule has 0 saturated carbocycles. The second-order valence-electron chi connectivity index (χ2n) is 4.24. The maximum atomic E-state index is 11.8. The zero-order valence-corrected chi connectivity index (χ0v) is 11.0. The van der Waals surface area contributed by atoms with E-state index in [-0.39, 0.29) is 11.6 Å². The summed E-state index contributed by atoms with van der Waals surface area (Å²) in [6, 6.07) is 5.39. The Labute approximate surface area is 118 Å². The summed E-state index contributed by atoms with van der Waals surface area (Å²) in [5, 5.41) is 23.5. The van der Waals surface area contributed by atoms with E-state index < -0.39 is 5.78 Å². The third kappa shape index (κ3) is 2.34. The minimum atomic E-state index is -0.543. The molecule has 0 fully saturated rings. The van der Waals surface area contributed by atoms with Crippen molar-refractivity contribution in [3.8, 4) is 5.75 Å². The number of allylic oxidation sites excluding steroid dienone is 1. The number of ketones is 1. The zero-order chi connectivity index (χ0) is 14.8. The van der Waals surface area contributed by atoms with Gasteiger partial charge in [-0.1, -0.05) is 0 Å². The standard InChI is InChI=1S/C13H11N5O3/c1-21-7-2-3-10-8(4-7)9(6-14-10)11(19)5-12(20)13-15-17-18-16-13/h2-6,14,19H,1H3,(H,15,16,17,18)/b11-5-. The van der Waals surface area contributed by atoms with Gasteiger partial charge in [0, 0.05) is 28.7 Å². The van der Waals surface area contributed by atoms with E-state index in [2.05, 4.69) is 25.6 Å². The minimum absolute atomic E-state index is 0.112. The highest BCUT2D eigenvalue weighted by molar-refractivity contribution is 6.06. The molecule has 0 aliphatic carbocycles. The Kier molecular flexibility index (Phi) is 3.11. The van der Waals surface area contributed by atoms with Crippen LogP contribution in [0.2, 0.25) is 0 Å². The molecule has 0 unspecified atom stereocenters. The van der Waals surface area contributed by atoms with Gasteiger partial charge in [-0.2, -0.15) is 5.21 Å². The Morgan fingerprint density at radius 1 is 1.43 bits per heavy atom. The van der Waals surface area contributed by atoms with Crippen LogP contribution < -0.4 is 4.74 Å². The fourth-order valence-corrected chi connectivity index (χ4v) is 1.97. The maximum absolute atomic E-state index is 11.8. The first kappa shape index (κ1) is 12.9. The number of nitrogens with zero attached hydrogens (tertiary/aromatic N) is 3. The average Bonchev–Trinajstić information content (AvgIpc) is 3.15. The number of aromatic amines is 2. The first-order valence-electron chi connectivity index (χ1n) is 6.03. The van der Waals surface area contributed by atoms with E-state index in [1.54, 1.807) is 25.4 Å². The summed E-state index contributed by atoms with van der Waals surface area (Å²) in [4.78, 5) is 14.8. The molecule has 0 bridgehead atoms. The highest BCUT2D eigenvalue weighted by atomic mass is 16.5. The van der Waals surface area contributed by atoms with E-state index >= 15 is 0 Å². The van der Waals surface area contributed by atoms with Crippen molar-refractivity contribution in [1.82, 2.24) is 25.6 Å². The van der Waals surface area contributed by atoms with E-state index in [9.17, 15) is 9.90 Å². The Balaban J connectivity index is 2.01. The lowest BCUT2D eigenvalue weighted by Crippen LogP contribution is -1.99. The molecule has 0 atom stereocenters. The van der Waals surface area contributed by atoms with Crippen LogP contribution in [0.3, 0.4) is 0 Å². The van der Waals surface area contributed by atoms with E-state index in [1.165, 1.54) is 0 Å². The van der Waals surface area contributed by atoms with Gasteiger partial charge in [0.15, 0.2) is 0 Å². The number of aliphatic hydroxyl groups excluding tert-OH is 1. The van der Waals surface area contributed by atoms with Crippen LogP contribution in [0, 0.1) is 0 Å². The summed E-state index contributed by atoms with van der Waals surface area (Å²) in [7, 11) is 1.56. The second kappa shape index (κ2) is 5.08. The first-order chi connectivity index (χ1) is 10.2. The number of carbonyl (C=O) groups is 1. The van der Waals surface area contributed by atoms with Crippen molar-refractivity contribution in [3.05, 3.63) is 41.9 Å². The van der Waals surface area contributed by atoms with Crippen molar-refractivity contribution in [3.63, 3.8) is 0 Å². The fourth-order valence-electron chi connectivity index (χ4n) is 1.97. The van der Waals surface area contributed by atoms with Crippen LogP contribution in [0.25, 0.3) is 16.7 Å². The van der Waals surface area contributed by atoms with Gasteiger partial charge in [-0.05, 0) is 23.4 Å². The van der Waals surface area contributed by atoms with Gasteiger partial charge in [0.25, 0.3) is 0 Å². The van der Waals surface area contributed by atoms with Crippen LogP contribution in [0.15, 0.2) is 30.5 Å². The lowest BCUT2D eigenvalue weighted by molar-refractivity contribution is 0.103. The number of aliphatic hydroxyl groups is 1. The number of hydrogen-bond acceptors (Lipinski definition) is 6. The number of ether oxygens (including phenoxy) is 1. The SMILES string of the molecule is COc1ccc2[nH]cc(/C(O)=C/C(=O)c3nn[nH]n3)c2c1.